The van der Waals surface area contributed by atoms with Crippen LogP contribution in [0.2, 0.25) is 5.02 Å². The zero-order chi connectivity index (χ0) is 15.2. The second-order valence-corrected chi connectivity index (χ2v) is 6.15. The molecule has 1 aromatic rings. The predicted molar refractivity (Wildman–Crippen MR) is 85.8 cm³/mol. The molecule has 0 saturated heterocycles. The van der Waals surface area contributed by atoms with E-state index in [1.54, 1.807) is 7.05 Å². The number of halogens is 1. The third-order valence-electron chi connectivity index (χ3n) is 2.42. The quantitative estimate of drug-likeness (QED) is 0.663. The molecule has 1 rings (SSSR count). The Balaban J connectivity index is 2.42. The lowest BCUT2D eigenvalue weighted by molar-refractivity contribution is 0.223. The van der Waals surface area contributed by atoms with Gasteiger partial charge in [0, 0.05) is 17.6 Å². The standard InChI is InChI=1S/C15H24ClN3O/c1-11(20-13-8-6-12(16)7-9-13)10-18-14(17-5)19-15(2,3)4/h6-9,11H,10H2,1-5H3,(H2,17,18,19). The van der Waals surface area contributed by atoms with E-state index in [-0.39, 0.29) is 11.6 Å². The van der Waals surface area contributed by atoms with Gasteiger partial charge in [-0.05, 0) is 52.0 Å². The van der Waals surface area contributed by atoms with E-state index >= 15 is 0 Å². The van der Waals surface area contributed by atoms with Gasteiger partial charge < -0.3 is 15.4 Å². The van der Waals surface area contributed by atoms with Gasteiger partial charge in [0.2, 0.25) is 0 Å². The summed E-state index contributed by atoms with van der Waals surface area (Å²) < 4.78 is 5.79. The average Bonchev–Trinajstić information content (AvgIpc) is 2.36. The maximum Gasteiger partial charge on any atom is 0.191 e. The molecule has 0 radical (unpaired) electrons. The monoisotopic (exact) mass is 297 g/mol. The maximum atomic E-state index is 5.84. The molecule has 112 valence electrons. The fourth-order valence-electron chi connectivity index (χ4n) is 1.56. The molecule has 0 spiro atoms. The molecule has 0 aliphatic heterocycles. The Morgan fingerprint density at radius 1 is 1.30 bits per heavy atom. The first-order valence-electron chi connectivity index (χ1n) is 6.71. The highest BCUT2D eigenvalue weighted by Crippen LogP contribution is 2.16. The first-order chi connectivity index (χ1) is 9.30. The highest BCUT2D eigenvalue weighted by molar-refractivity contribution is 6.30. The Hall–Kier alpha value is -1.42. The van der Waals surface area contributed by atoms with Gasteiger partial charge in [0.15, 0.2) is 5.96 Å². The molecule has 0 fully saturated rings. The van der Waals surface area contributed by atoms with Crippen LogP contribution in [0, 0.1) is 0 Å². The molecule has 1 unspecified atom stereocenters. The van der Waals surface area contributed by atoms with Crippen LogP contribution < -0.4 is 15.4 Å². The van der Waals surface area contributed by atoms with Crippen molar-refractivity contribution in [1.29, 1.82) is 0 Å². The van der Waals surface area contributed by atoms with Crippen LogP contribution in [0.5, 0.6) is 5.75 Å². The fraction of sp³-hybridized carbons (Fsp3) is 0.533. The molecule has 4 nitrogen and oxygen atoms in total. The van der Waals surface area contributed by atoms with Crippen molar-refractivity contribution in [2.45, 2.75) is 39.3 Å². The summed E-state index contributed by atoms with van der Waals surface area (Å²) in [5.41, 5.74) is -0.0257. The van der Waals surface area contributed by atoms with Crippen molar-refractivity contribution in [3.05, 3.63) is 29.3 Å². The van der Waals surface area contributed by atoms with Gasteiger partial charge in [-0.25, -0.2) is 0 Å². The molecule has 5 heteroatoms. The normalized spacial score (nSPS) is 13.8. The van der Waals surface area contributed by atoms with Crippen molar-refractivity contribution < 1.29 is 4.74 Å². The smallest absolute Gasteiger partial charge is 0.191 e. The van der Waals surface area contributed by atoms with Crippen LogP contribution in [0.3, 0.4) is 0 Å². The highest BCUT2D eigenvalue weighted by atomic mass is 35.5. The molecule has 0 aliphatic carbocycles. The Bertz CT molecular complexity index is 437. The Morgan fingerprint density at radius 2 is 1.90 bits per heavy atom. The van der Waals surface area contributed by atoms with E-state index in [4.69, 9.17) is 16.3 Å². The summed E-state index contributed by atoms with van der Waals surface area (Å²) >= 11 is 5.84. The fourth-order valence-corrected chi connectivity index (χ4v) is 1.69. The van der Waals surface area contributed by atoms with E-state index in [9.17, 15) is 0 Å². The van der Waals surface area contributed by atoms with E-state index in [0.29, 0.717) is 11.6 Å². The lowest BCUT2D eigenvalue weighted by Crippen LogP contribution is -2.49. The summed E-state index contributed by atoms with van der Waals surface area (Å²) in [6, 6.07) is 7.36. The number of guanidine groups is 1. The number of hydrogen-bond acceptors (Lipinski definition) is 2. The van der Waals surface area contributed by atoms with Crippen molar-refractivity contribution in [3.8, 4) is 5.75 Å². The number of aliphatic imine (C=N–C) groups is 1. The number of nitrogens with one attached hydrogen (secondary N) is 2. The molecule has 1 aromatic carbocycles. The number of benzene rings is 1. The van der Waals surface area contributed by atoms with Gasteiger partial charge in [-0.2, -0.15) is 0 Å². The van der Waals surface area contributed by atoms with Crippen molar-refractivity contribution in [2.75, 3.05) is 13.6 Å². The summed E-state index contributed by atoms with van der Waals surface area (Å²) in [7, 11) is 1.76. The third-order valence-corrected chi connectivity index (χ3v) is 2.68. The van der Waals surface area contributed by atoms with Crippen LogP contribution in [-0.4, -0.2) is 31.2 Å². The first-order valence-corrected chi connectivity index (χ1v) is 7.09. The molecule has 2 N–H and O–H groups in total. The molecule has 0 amide bonds. The molecule has 0 bridgehead atoms. The molecular weight excluding hydrogens is 274 g/mol. The van der Waals surface area contributed by atoms with Gasteiger partial charge in [0.05, 0.1) is 6.54 Å². The zero-order valence-electron chi connectivity index (χ0n) is 12.8. The molecule has 20 heavy (non-hydrogen) atoms. The van der Waals surface area contributed by atoms with Gasteiger partial charge in [-0.3, -0.25) is 4.99 Å². The van der Waals surface area contributed by atoms with E-state index in [1.165, 1.54) is 0 Å². The summed E-state index contributed by atoms with van der Waals surface area (Å²) in [6.07, 6.45) is 0.0229. The molecule has 0 aromatic heterocycles. The molecule has 0 heterocycles. The van der Waals surface area contributed by atoms with Gasteiger partial charge in [-0.1, -0.05) is 11.6 Å². The van der Waals surface area contributed by atoms with Crippen molar-refractivity contribution in [2.24, 2.45) is 4.99 Å². The minimum atomic E-state index is -0.0257. The van der Waals surface area contributed by atoms with Crippen molar-refractivity contribution in [3.63, 3.8) is 0 Å². The summed E-state index contributed by atoms with van der Waals surface area (Å²) in [4.78, 5) is 4.19. The van der Waals surface area contributed by atoms with E-state index < -0.39 is 0 Å². The molecule has 0 saturated carbocycles. The van der Waals surface area contributed by atoms with Crippen LogP contribution in [0.15, 0.2) is 29.3 Å². The molecule has 1 atom stereocenters. The SMILES string of the molecule is CN=C(NCC(C)Oc1ccc(Cl)cc1)NC(C)(C)C. The van der Waals surface area contributed by atoms with E-state index in [2.05, 4.69) is 36.4 Å². The number of hydrogen-bond donors (Lipinski definition) is 2. The number of rotatable bonds is 4. The van der Waals surface area contributed by atoms with Crippen LogP contribution in [0.1, 0.15) is 27.7 Å². The largest absolute Gasteiger partial charge is 0.489 e. The topological polar surface area (TPSA) is 45.7 Å². The van der Waals surface area contributed by atoms with Gasteiger partial charge in [-0.15, -0.1) is 0 Å². The summed E-state index contributed by atoms with van der Waals surface area (Å²) in [5, 5.41) is 7.25. The van der Waals surface area contributed by atoms with Crippen molar-refractivity contribution in [1.82, 2.24) is 10.6 Å². The van der Waals surface area contributed by atoms with Crippen molar-refractivity contribution >= 4 is 17.6 Å². The van der Waals surface area contributed by atoms with Crippen LogP contribution in [0.4, 0.5) is 0 Å². The summed E-state index contributed by atoms with van der Waals surface area (Å²) in [6.45, 7) is 8.94. The number of nitrogens with zero attached hydrogens (tertiary/aromatic N) is 1. The third kappa shape index (κ3) is 6.66. The van der Waals surface area contributed by atoms with E-state index in [0.717, 1.165) is 11.7 Å². The van der Waals surface area contributed by atoms with Gasteiger partial charge >= 0.3 is 0 Å². The van der Waals surface area contributed by atoms with Crippen LogP contribution in [0.25, 0.3) is 0 Å². The predicted octanol–water partition coefficient (Wildman–Crippen LogP) is 3.07. The molecular formula is C15H24ClN3O. The lowest BCUT2D eigenvalue weighted by atomic mass is 10.1. The molecule has 0 aliphatic rings. The number of ether oxygens (including phenoxy) is 1. The second kappa shape index (κ2) is 7.39. The average molecular weight is 298 g/mol. The first kappa shape index (κ1) is 16.6. The Kier molecular flexibility index (Phi) is 6.14. The minimum absolute atomic E-state index is 0.0229. The maximum absolute atomic E-state index is 5.84. The van der Waals surface area contributed by atoms with Gasteiger partial charge in [0.25, 0.3) is 0 Å². The van der Waals surface area contributed by atoms with Crippen LogP contribution in [-0.2, 0) is 0 Å². The second-order valence-electron chi connectivity index (χ2n) is 5.71. The lowest BCUT2D eigenvalue weighted by Gasteiger charge is -2.25. The van der Waals surface area contributed by atoms with Gasteiger partial charge in [0.1, 0.15) is 11.9 Å². The highest BCUT2D eigenvalue weighted by Gasteiger charge is 2.12. The minimum Gasteiger partial charge on any atom is -0.489 e. The Labute approximate surface area is 126 Å². The van der Waals surface area contributed by atoms with E-state index in [1.807, 2.05) is 31.2 Å². The summed E-state index contributed by atoms with van der Waals surface area (Å²) in [5.74, 6) is 1.58. The zero-order valence-corrected chi connectivity index (χ0v) is 13.6. The Morgan fingerprint density at radius 3 is 2.40 bits per heavy atom. The van der Waals surface area contributed by atoms with Crippen LogP contribution >= 0.6 is 11.6 Å².